The summed E-state index contributed by atoms with van der Waals surface area (Å²) in [7, 11) is 0. The van der Waals surface area contributed by atoms with Crippen LogP contribution >= 0.6 is 15.9 Å². The molecule has 1 unspecified atom stereocenters. The summed E-state index contributed by atoms with van der Waals surface area (Å²) >= 11 is 3.49. The molecule has 2 amide bonds. The molecule has 0 bridgehead atoms. The second kappa shape index (κ2) is 10.8. The third-order valence-electron chi connectivity index (χ3n) is 5.00. The normalized spacial score (nSPS) is 12.4. The average Bonchev–Trinajstić information content (AvgIpc) is 2.70. The number of ether oxygens (including phenoxy) is 1. The van der Waals surface area contributed by atoms with Crippen molar-refractivity contribution in [1.29, 1.82) is 0 Å². The van der Waals surface area contributed by atoms with Crippen LogP contribution in [-0.4, -0.2) is 18.4 Å². The first-order valence-corrected chi connectivity index (χ1v) is 11.4. The molecule has 0 radical (unpaired) electrons. The lowest BCUT2D eigenvalue weighted by atomic mass is 9.87. The third-order valence-corrected chi connectivity index (χ3v) is 5.62. The van der Waals surface area contributed by atoms with Gasteiger partial charge in [-0.25, -0.2) is 0 Å². The van der Waals surface area contributed by atoms with E-state index in [1.807, 2.05) is 49.4 Å². The maximum atomic E-state index is 12.4. The van der Waals surface area contributed by atoms with Crippen LogP contribution in [0.25, 0.3) is 0 Å². The first-order valence-electron chi connectivity index (χ1n) is 10.6. The number of carbonyl (C=O) groups is 2. The standard InChI is InChI=1S/C25H33BrN2O3/c1-16(2)13-18-7-9-19(10-8-18)17(3)24(30)28-27-23(29)15-31-22-12-11-20(14-21(22)26)25(4,5)6/h7-12,14,16-17H,13,15H2,1-6H3,(H,27,29)(H,28,30). The quantitative estimate of drug-likeness (QED) is 0.521. The highest BCUT2D eigenvalue weighted by molar-refractivity contribution is 9.10. The van der Waals surface area contributed by atoms with Gasteiger partial charge in [-0.05, 0) is 69.4 Å². The molecule has 0 fully saturated rings. The van der Waals surface area contributed by atoms with Gasteiger partial charge in [0, 0.05) is 0 Å². The Balaban J connectivity index is 1.83. The number of hydrogen-bond donors (Lipinski definition) is 2. The van der Waals surface area contributed by atoms with Gasteiger partial charge >= 0.3 is 0 Å². The molecule has 0 aliphatic rings. The number of rotatable bonds is 7. The SMILES string of the molecule is CC(C)Cc1ccc(C(C)C(=O)NNC(=O)COc2ccc(C(C)(C)C)cc2Br)cc1. The predicted octanol–water partition coefficient (Wildman–Crippen LogP) is 5.28. The first kappa shape index (κ1) is 24.9. The van der Waals surface area contributed by atoms with Gasteiger partial charge in [-0.1, -0.05) is 65.0 Å². The van der Waals surface area contributed by atoms with E-state index >= 15 is 0 Å². The lowest BCUT2D eigenvalue weighted by Crippen LogP contribution is -2.45. The first-order chi connectivity index (χ1) is 14.5. The number of benzene rings is 2. The largest absolute Gasteiger partial charge is 0.483 e. The van der Waals surface area contributed by atoms with Crippen molar-refractivity contribution in [2.75, 3.05) is 6.61 Å². The van der Waals surface area contributed by atoms with Crippen LogP contribution in [-0.2, 0) is 21.4 Å². The van der Waals surface area contributed by atoms with Crippen molar-refractivity contribution < 1.29 is 14.3 Å². The van der Waals surface area contributed by atoms with Crippen molar-refractivity contribution in [1.82, 2.24) is 10.9 Å². The Hall–Kier alpha value is -2.34. The second-order valence-corrected chi connectivity index (χ2v) is 10.1. The molecule has 168 valence electrons. The third kappa shape index (κ3) is 7.69. The number of hydrogen-bond acceptors (Lipinski definition) is 3. The van der Waals surface area contributed by atoms with E-state index in [0.29, 0.717) is 11.7 Å². The summed E-state index contributed by atoms with van der Waals surface area (Å²) < 4.78 is 6.36. The van der Waals surface area contributed by atoms with E-state index in [0.717, 1.165) is 22.0 Å². The number of nitrogens with one attached hydrogen (secondary N) is 2. The molecule has 0 spiro atoms. The molecule has 0 aliphatic carbocycles. The molecule has 6 heteroatoms. The van der Waals surface area contributed by atoms with Gasteiger partial charge in [-0.15, -0.1) is 0 Å². The summed E-state index contributed by atoms with van der Waals surface area (Å²) in [5.41, 5.74) is 8.23. The van der Waals surface area contributed by atoms with Gasteiger partial charge in [0.2, 0.25) is 5.91 Å². The van der Waals surface area contributed by atoms with Crippen LogP contribution < -0.4 is 15.6 Å². The van der Waals surface area contributed by atoms with Gasteiger partial charge < -0.3 is 4.74 Å². The predicted molar refractivity (Wildman–Crippen MR) is 128 cm³/mol. The molecule has 2 aromatic carbocycles. The monoisotopic (exact) mass is 488 g/mol. The van der Waals surface area contributed by atoms with Gasteiger partial charge in [0.1, 0.15) is 5.75 Å². The Morgan fingerprint density at radius 2 is 1.65 bits per heavy atom. The zero-order valence-corrected chi connectivity index (χ0v) is 20.8. The maximum absolute atomic E-state index is 12.4. The van der Waals surface area contributed by atoms with Crippen molar-refractivity contribution in [2.24, 2.45) is 5.92 Å². The molecular formula is C25H33BrN2O3. The van der Waals surface area contributed by atoms with Crippen LogP contribution in [0.4, 0.5) is 0 Å². The zero-order valence-electron chi connectivity index (χ0n) is 19.2. The summed E-state index contributed by atoms with van der Waals surface area (Å²) in [6, 6.07) is 13.8. The highest BCUT2D eigenvalue weighted by Crippen LogP contribution is 2.31. The Bertz CT molecular complexity index is 902. The van der Waals surface area contributed by atoms with Crippen LogP contribution in [0.5, 0.6) is 5.75 Å². The van der Waals surface area contributed by atoms with E-state index in [-0.39, 0.29) is 23.8 Å². The van der Waals surface area contributed by atoms with Gasteiger partial charge in [-0.2, -0.15) is 0 Å². The minimum atomic E-state index is -0.431. The highest BCUT2D eigenvalue weighted by Gasteiger charge is 2.17. The van der Waals surface area contributed by atoms with E-state index in [4.69, 9.17) is 4.74 Å². The molecule has 0 aliphatic heterocycles. The topological polar surface area (TPSA) is 67.4 Å². The molecule has 1 atom stereocenters. The van der Waals surface area contributed by atoms with Crippen LogP contribution in [0, 0.1) is 5.92 Å². The fourth-order valence-corrected chi connectivity index (χ4v) is 3.56. The number of carbonyl (C=O) groups excluding carboxylic acids is 2. The Labute approximate surface area is 194 Å². The summed E-state index contributed by atoms with van der Waals surface area (Å²) in [6.07, 6.45) is 1.01. The number of hydrazine groups is 1. The maximum Gasteiger partial charge on any atom is 0.276 e. The van der Waals surface area contributed by atoms with E-state index in [9.17, 15) is 9.59 Å². The van der Waals surface area contributed by atoms with E-state index in [1.54, 1.807) is 0 Å². The Morgan fingerprint density at radius 1 is 1.00 bits per heavy atom. The van der Waals surface area contributed by atoms with E-state index in [1.165, 1.54) is 5.56 Å². The molecule has 0 heterocycles. The lowest BCUT2D eigenvalue weighted by Gasteiger charge is -2.20. The molecule has 2 rings (SSSR count). The highest BCUT2D eigenvalue weighted by atomic mass is 79.9. The van der Waals surface area contributed by atoms with Gasteiger partial charge in [0.25, 0.3) is 5.91 Å². The van der Waals surface area contributed by atoms with Crippen LogP contribution in [0.1, 0.15) is 64.2 Å². The van der Waals surface area contributed by atoms with Gasteiger partial charge in [-0.3, -0.25) is 20.4 Å². The summed E-state index contributed by atoms with van der Waals surface area (Å²) in [5.74, 6) is 0.0686. The average molecular weight is 489 g/mol. The van der Waals surface area contributed by atoms with Crippen molar-refractivity contribution >= 4 is 27.7 Å². The Kier molecular flexibility index (Phi) is 8.69. The molecule has 0 aromatic heterocycles. The minimum absolute atomic E-state index is 0.0220. The second-order valence-electron chi connectivity index (χ2n) is 9.28. The zero-order chi connectivity index (χ0) is 23.2. The molecule has 0 saturated heterocycles. The molecule has 0 saturated carbocycles. The smallest absolute Gasteiger partial charge is 0.276 e. The summed E-state index contributed by atoms with van der Waals surface area (Å²) in [5, 5.41) is 0. The van der Waals surface area contributed by atoms with Gasteiger partial charge in [0.15, 0.2) is 6.61 Å². The number of amides is 2. The van der Waals surface area contributed by atoms with Crippen LogP contribution in [0.3, 0.4) is 0 Å². The van der Waals surface area contributed by atoms with Crippen molar-refractivity contribution in [3.05, 3.63) is 63.6 Å². The molecule has 31 heavy (non-hydrogen) atoms. The molecular weight excluding hydrogens is 456 g/mol. The summed E-state index contributed by atoms with van der Waals surface area (Å²) in [6.45, 7) is 12.4. The van der Waals surface area contributed by atoms with Gasteiger partial charge in [0.05, 0.1) is 10.4 Å². The van der Waals surface area contributed by atoms with E-state index in [2.05, 4.69) is 61.4 Å². The van der Waals surface area contributed by atoms with Crippen LogP contribution in [0.15, 0.2) is 46.9 Å². The molecule has 2 aromatic rings. The summed E-state index contributed by atoms with van der Waals surface area (Å²) in [4.78, 5) is 24.5. The minimum Gasteiger partial charge on any atom is -0.483 e. The lowest BCUT2D eigenvalue weighted by molar-refractivity contribution is -0.130. The van der Waals surface area contributed by atoms with E-state index < -0.39 is 5.91 Å². The fourth-order valence-electron chi connectivity index (χ4n) is 3.07. The fraction of sp³-hybridized carbons (Fsp3) is 0.440. The van der Waals surface area contributed by atoms with Crippen molar-refractivity contribution in [3.63, 3.8) is 0 Å². The van der Waals surface area contributed by atoms with Crippen LogP contribution in [0.2, 0.25) is 0 Å². The Morgan fingerprint density at radius 3 is 2.19 bits per heavy atom. The van der Waals surface area contributed by atoms with Crippen molar-refractivity contribution in [3.8, 4) is 5.75 Å². The molecule has 5 nitrogen and oxygen atoms in total. The molecule has 2 N–H and O–H groups in total. The number of halogens is 1. The van der Waals surface area contributed by atoms with Crippen molar-refractivity contribution in [2.45, 2.75) is 59.3 Å².